The fraction of sp³-hybridized carbons (Fsp3) is 0.500. The molecule has 2 aliphatic rings. The van der Waals surface area contributed by atoms with Crippen LogP contribution in [0.3, 0.4) is 0 Å². The molecular formula is C12H15N5O2. The van der Waals surface area contributed by atoms with Crippen LogP contribution in [0.1, 0.15) is 18.5 Å². The Morgan fingerprint density at radius 2 is 2.16 bits per heavy atom. The van der Waals surface area contributed by atoms with Gasteiger partial charge in [0.05, 0.1) is 24.6 Å². The second kappa shape index (κ2) is 4.49. The first-order valence-corrected chi connectivity index (χ1v) is 6.30. The third kappa shape index (κ3) is 2.11. The Kier molecular flexibility index (Phi) is 2.81. The fourth-order valence-corrected chi connectivity index (χ4v) is 2.64. The molecule has 0 aliphatic carbocycles. The number of carbonyl (C=O) groups is 2. The summed E-state index contributed by atoms with van der Waals surface area (Å²) < 4.78 is 0. The molecule has 1 aromatic rings. The molecule has 19 heavy (non-hydrogen) atoms. The van der Waals surface area contributed by atoms with Gasteiger partial charge < -0.3 is 15.5 Å². The highest BCUT2D eigenvalue weighted by Crippen LogP contribution is 2.24. The Labute approximate surface area is 110 Å². The van der Waals surface area contributed by atoms with Crippen molar-refractivity contribution in [3.8, 4) is 0 Å². The number of hydrogen-bond acceptors (Lipinski definition) is 5. The van der Waals surface area contributed by atoms with Gasteiger partial charge in [-0.2, -0.15) is 0 Å². The van der Waals surface area contributed by atoms with Gasteiger partial charge in [-0.05, 0) is 12.8 Å². The van der Waals surface area contributed by atoms with Crippen molar-refractivity contribution in [3.63, 3.8) is 0 Å². The third-order valence-corrected chi connectivity index (χ3v) is 3.57. The summed E-state index contributed by atoms with van der Waals surface area (Å²) in [6.07, 6.45) is 4.65. The number of nitrogens with two attached hydrogens (primary N) is 1. The lowest BCUT2D eigenvalue weighted by Crippen LogP contribution is -2.56. The standard InChI is InChI=1S/C12H15N5O2/c13-10-5-14-8(4-15-10)6-16-7-11(18)17-3-1-2-9(17)12(16)19/h4-5,9H,1-3,6-7H2,(H2,13,15). The Balaban J connectivity index is 1.76. The van der Waals surface area contributed by atoms with Crippen LogP contribution in [0, 0.1) is 0 Å². The molecule has 2 amide bonds. The fourth-order valence-electron chi connectivity index (χ4n) is 2.64. The summed E-state index contributed by atoms with van der Waals surface area (Å²) in [6, 6.07) is -0.275. The molecule has 2 N–H and O–H groups in total. The lowest BCUT2D eigenvalue weighted by atomic mass is 10.1. The maximum atomic E-state index is 12.3. The van der Waals surface area contributed by atoms with Gasteiger partial charge in [0.15, 0.2) is 0 Å². The number of carbonyl (C=O) groups excluding carboxylic acids is 2. The predicted octanol–water partition coefficient (Wildman–Crippen LogP) is -0.608. The summed E-state index contributed by atoms with van der Waals surface area (Å²) in [6.45, 7) is 1.13. The van der Waals surface area contributed by atoms with Gasteiger partial charge in [-0.15, -0.1) is 0 Å². The Bertz CT molecular complexity index is 515. The number of aromatic nitrogens is 2. The smallest absolute Gasteiger partial charge is 0.246 e. The molecular weight excluding hydrogens is 246 g/mol. The number of nitrogen functional groups attached to an aromatic ring is 1. The van der Waals surface area contributed by atoms with Gasteiger partial charge >= 0.3 is 0 Å². The van der Waals surface area contributed by atoms with Crippen molar-refractivity contribution in [2.24, 2.45) is 0 Å². The summed E-state index contributed by atoms with van der Waals surface area (Å²) in [5, 5.41) is 0. The highest BCUT2D eigenvalue weighted by molar-refractivity contribution is 5.95. The van der Waals surface area contributed by atoms with E-state index in [4.69, 9.17) is 5.73 Å². The molecule has 3 heterocycles. The maximum Gasteiger partial charge on any atom is 0.246 e. The summed E-state index contributed by atoms with van der Waals surface area (Å²) >= 11 is 0. The largest absolute Gasteiger partial charge is 0.382 e. The van der Waals surface area contributed by atoms with E-state index in [-0.39, 0.29) is 24.4 Å². The molecule has 0 spiro atoms. The molecule has 2 aliphatic heterocycles. The number of rotatable bonds is 2. The average Bonchev–Trinajstić information content (AvgIpc) is 2.88. The van der Waals surface area contributed by atoms with Crippen molar-refractivity contribution in [3.05, 3.63) is 18.1 Å². The first-order valence-electron chi connectivity index (χ1n) is 6.30. The SMILES string of the molecule is Nc1cnc(CN2CC(=O)N3CCCC3C2=O)cn1. The van der Waals surface area contributed by atoms with Crippen LogP contribution in [0.5, 0.6) is 0 Å². The zero-order chi connectivity index (χ0) is 13.4. The predicted molar refractivity (Wildman–Crippen MR) is 66.6 cm³/mol. The molecule has 1 aromatic heterocycles. The molecule has 0 saturated carbocycles. The molecule has 2 fully saturated rings. The van der Waals surface area contributed by atoms with Gasteiger partial charge in [0.1, 0.15) is 18.4 Å². The molecule has 7 nitrogen and oxygen atoms in total. The topological polar surface area (TPSA) is 92.4 Å². The molecule has 1 atom stereocenters. The van der Waals surface area contributed by atoms with E-state index in [0.717, 1.165) is 12.8 Å². The zero-order valence-corrected chi connectivity index (χ0v) is 10.5. The monoisotopic (exact) mass is 261 g/mol. The van der Waals surface area contributed by atoms with Crippen LogP contribution >= 0.6 is 0 Å². The Hall–Kier alpha value is -2.18. The summed E-state index contributed by atoms with van der Waals surface area (Å²) in [4.78, 5) is 35.5. The zero-order valence-electron chi connectivity index (χ0n) is 10.5. The molecule has 2 saturated heterocycles. The molecule has 0 bridgehead atoms. The minimum Gasteiger partial charge on any atom is -0.382 e. The van der Waals surface area contributed by atoms with Gasteiger partial charge in [-0.25, -0.2) is 4.98 Å². The van der Waals surface area contributed by atoms with Gasteiger partial charge in [-0.3, -0.25) is 14.6 Å². The van der Waals surface area contributed by atoms with Crippen LogP contribution in [-0.4, -0.2) is 50.7 Å². The number of fused-ring (bicyclic) bond motifs is 1. The molecule has 0 aromatic carbocycles. The average molecular weight is 261 g/mol. The van der Waals surface area contributed by atoms with E-state index < -0.39 is 0 Å². The Morgan fingerprint density at radius 1 is 1.32 bits per heavy atom. The summed E-state index contributed by atoms with van der Waals surface area (Å²) in [7, 11) is 0. The number of hydrogen-bond donors (Lipinski definition) is 1. The van der Waals surface area contributed by atoms with Gasteiger partial charge in [-0.1, -0.05) is 0 Å². The van der Waals surface area contributed by atoms with E-state index in [1.54, 1.807) is 9.80 Å². The third-order valence-electron chi connectivity index (χ3n) is 3.57. The lowest BCUT2D eigenvalue weighted by Gasteiger charge is -2.36. The number of amides is 2. The normalized spacial score (nSPS) is 22.8. The van der Waals surface area contributed by atoms with Crippen molar-refractivity contribution >= 4 is 17.6 Å². The number of nitrogens with zero attached hydrogens (tertiary/aromatic N) is 4. The van der Waals surface area contributed by atoms with E-state index in [9.17, 15) is 9.59 Å². The van der Waals surface area contributed by atoms with E-state index in [2.05, 4.69) is 9.97 Å². The van der Waals surface area contributed by atoms with E-state index in [0.29, 0.717) is 24.6 Å². The molecule has 1 unspecified atom stereocenters. The summed E-state index contributed by atoms with van der Waals surface area (Å²) in [5.74, 6) is 0.369. The second-order valence-electron chi connectivity index (χ2n) is 4.87. The molecule has 0 radical (unpaired) electrons. The van der Waals surface area contributed by atoms with Crippen molar-refractivity contribution in [1.82, 2.24) is 19.8 Å². The first kappa shape index (κ1) is 11.9. The van der Waals surface area contributed by atoms with Gasteiger partial charge in [0.25, 0.3) is 0 Å². The second-order valence-corrected chi connectivity index (χ2v) is 4.87. The first-order chi connectivity index (χ1) is 9.15. The lowest BCUT2D eigenvalue weighted by molar-refractivity contribution is -0.154. The number of anilines is 1. The van der Waals surface area contributed by atoms with Crippen LogP contribution < -0.4 is 5.73 Å². The maximum absolute atomic E-state index is 12.3. The van der Waals surface area contributed by atoms with Crippen molar-refractivity contribution in [2.45, 2.75) is 25.4 Å². The van der Waals surface area contributed by atoms with Gasteiger partial charge in [0, 0.05) is 6.54 Å². The minimum absolute atomic E-state index is 0.00993. The molecule has 3 rings (SSSR count). The van der Waals surface area contributed by atoms with Crippen LogP contribution in [0.2, 0.25) is 0 Å². The highest BCUT2D eigenvalue weighted by Gasteiger charge is 2.41. The molecule has 7 heteroatoms. The van der Waals surface area contributed by atoms with E-state index in [1.807, 2.05) is 0 Å². The minimum atomic E-state index is -0.275. The van der Waals surface area contributed by atoms with E-state index >= 15 is 0 Å². The quantitative estimate of drug-likeness (QED) is 0.766. The van der Waals surface area contributed by atoms with Crippen LogP contribution in [-0.2, 0) is 16.1 Å². The van der Waals surface area contributed by atoms with Gasteiger partial charge in [0.2, 0.25) is 11.8 Å². The Morgan fingerprint density at radius 3 is 2.89 bits per heavy atom. The summed E-state index contributed by atoms with van der Waals surface area (Å²) in [5.41, 5.74) is 6.10. The number of piperazine rings is 1. The van der Waals surface area contributed by atoms with Crippen molar-refractivity contribution < 1.29 is 9.59 Å². The van der Waals surface area contributed by atoms with Crippen molar-refractivity contribution in [1.29, 1.82) is 0 Å². The van der Waals surface area contributed by atoms with Crippen LogP contribution in [0.15, 0.2) is 12.4 Å². The van der Waals surface area contributed by atoms with E-state index in [1.165, 1.54) is 12.4 Å². The van der Waals surface area contributed by atoms with Crippen LogP contribution in [0.4, 0.5) is 5.82 Å². The van der Waals surface area contributed by atoms with Crippen molar-refractivity contribution in [2.75, 3.05) is 18.8 Å². The highest BCUT2D eigenvalue weighted by atomic mass is 16.2. The van der Waals surface area contributed by atoms with Crippen LogP contribution in [0.25, 0.3) is 0 Å². The molecule has 100 valence electrons.